The van der Waals surface area contributed by atoms with Gasteiger partial charge in [0.2, 0.25) is 5.60 Å². The smallest absolute Gasteiger partial charge is 0.426 e. The lowest BCUT2D eigenvalue weighted by molar-refractivity contribution is -0.144. The van der Waals surface area contributed by atoms with Crippen molar-refractivity contribution in [3.05, 3.63) is 65.9 Å². The van der Waals surface area contributed by atoms with Gasteiger partial charge in [-0.3, -0.25) is 14.3 Å². The van der Waals surface area contributed by atoms with Crippen molar-refractivity contribution < 1.29 is 24.5 Å². The summed E-state index contributed by atoms with van der Waals surface area (Å²) in [5.41, 5.74) is 1.12. The third-order valence-corrected chi connectivity index (χ3v) is 6.41. The first-order chi connectivity index (χ1) is 17.7. The normalized spacial score (nSPS) is 17.8. The van der Waals surface area contributed by atoms with Crippen molar-refractivity contribution in [2.24, 2.45) is 18.1 Å². The van der Waals surface area contributed by atoms with E-state index in [4.69, 9.17) is 4.84 Å². The standard InChI is InChI=1S/C26H32BN5O5/c1-17(2)13-22(27(35)36)29-25(34)26(14-18-9-5-4-6-10-18)15-19(31-37-26)16-28-24(33)23-20-11-7-8-12-21(20)32(3)30-23/h4-12,17,22,35-36H,13-16H2,1-3H3,(H,28,33)(H,29,34). The van der Waals surface area contributed by atoms with E-state index in [-0.39, 0.29) is 31.2 Å². The molecule has 4 rings (SSSR count). The van der Waals surface area contributed by atoms with Gasteiger partial charge in [0.25, 0.3) is 11.8 Å². The maximum atomic E-state index is 13.5. The highest BCUT2D eigenvalue weighted by Crippen LogP contribution is 2.29. The molecule has 0 bridgehead atoms. The predicted molar refractivity (Wildman–Crippen MR) is 141 cm³/mol. The van der Waals surface area contributed by atoms with Crippen LogP contribution in [0.3, 0.4) is 0 Å². The van der Waals surface area contributed by atoms with Gasteiger partial charge in [0.05, 0.1) is 23.7 Å². The number of nitrogens with one attached hydrogen (secondary N) is 2. The Hall–Kier alpha value is -3.70. The molecule has 11 heteroatoms. The third-order valence-electron chi connectivity index (χ3n) is 6.41. The van der Waals surface area contributed by atoms with E-state index >= 15 is 0 Å². The Bertz CT molecular complexity index is 1290. The monoisotopic (exact) mass is 505 g/mol. The molecule has 1 aromatic heterocycles. The Morgan fingerprint density at radius 3 is 2.54 bits per heavy atom. The summed E-state index contributed by atoms with van der Waals surface area (Å²) in [5, 5.41) is 34.5. The number of para-hydroxylation sites is 1. The van der Waals surface area contributed by atoms with Crippen LogP contribution in [0.25, 0.3) is 10.9 Å². The Kier molecular flexibility index (Phi) is 7.94. The van der Waals surface area contributed by atoms with Crippen LogP contribution in [-0.4, -0.2) is 62.6 Å². The molecule has 0 spiro atoms. The van der Waals surface area contributed by atoms with Crippen LogP contribution in [-0.2, 0) is 23.1 Å². The molecule has 0 aliphatic carbocycles. The second-order valence-electron chi connectivity index (χ2n) is 9.88. The fourth-order valence-corrected chi connectivity index (χ4v) is 4.57. The average Bonchev–Trinajstić information content (AvgIpc) is 3.44. The van der Waals surface area contributed by atoms with Gasteiger partial charge < -0.3 is 25.5 Å². The number of carbonyl (C=O) groups is 2. The summed E-state index contributed by atoms with van der Waals surface area (Å²) in [7, 11) is 0.0647. The van der Waals surface area contributed by atoms with E-state index < -0.39 is 24.6 Å². The molecule has 2 amide bonds. The van der Waals surface area contributed by atoms with Crippen LogP contribution in [0, 0.1) is 5.92 Å². The zero-order valence-corrected chi connectivity index (χ0v) is 21.2. The van der Waals surface area contributed by atoms with Crippen molar-refractivity contribution in [3.63, 3.8) is 0 Å². The van der Waals surface area contributed by atoms with E-state index in [1.165, 1.54) is 0 Å². The largest absolute Gasteiger partial charge is 0.475 e. The van der Waals surface area contributed by atoms with Crippen molar-refractivity contribution in [2.75, 3.05) is 6.54 Å². The van der Waals surface area contributed by atoms with Gasteiger partial charge >= 0.3 is 7.12 Å². The minimum absolute atomic E-state index is 0.0750. The summed E-state index contributed by atoms with van der Waals surface area (Å²) in [6.45, 7) is 3.94. The molecular formula is C26H32BN5O5. The maximum absolute atomic E-state index is 13.5. The molecule has 0 fully saturated rings. The quantitative estimate of drug-likeness (QED) is 0.309. The molecule has 2 heterocycles. The van der Waals surface area contributed by atoms with Gasteiger partial charge in [0.1, 0.15) is 0 Å². The molecule has 2 aromatic carbocycles. The summed E-state index contributed by atoms with van der Waals surface area (Å²) in [5.74, 6) is -1.57. The molecule has 10 nitrogen and oxygen atoms in total. The number of rotatable bonds is 10. The molecule has 194 valence electrons. The molecule has 2 atom stereocenters. The number of oxime groups is 1. The van der Waals surface area contributed by atoms with Crippen molar-refractivity contribution >= 4 is 35.5 Å². The predicted octanol–water partition coefficient (Wildman–Crippen LogP) is 1.60. The summed E-state index contributed by atoms with van der Waals surface area (Å²) in [4.78, 5) is 32.2. The fourth-order valence-electron chi connectivity index (χ4n) is 4.57. The summed E-state index contributed by atoms with van der Waals surface area (Å²) in [6.07, 6.45) is 0.737. The number of benzene rings is 2. The van der Waals surface area contributed by atoms with Gasteiger partial charge in [-0.05, 0) is 24.0 Å². The zero-order chi connectivity index (χ0) is 26.6. The van der Waals surface area contributed by atoms with E-state index in [1.54, 1.807) is 11.7 Å². The van der Waals surface area contributed by atoms with Gasteiger partial charge in [0.15, 0.2) is 5.69 Å². The highest BCUT2D eigenvalue weighted by Gasteiger charge is 2.48. The molecule has 1 aliphatic rings. The van der Waals surface area contributed by atoms with E-state index in [9.17, 15) is 19.6 Å². The lowest BCUT2D eigenvalue weighted by atomic mass is 9.74. The van der Waals surface area contributed by atoms with Crippen LogP contribution in [0.5, 0.6) is 0 Å². The number of aromatic nitrogens is 2. The van der Waals surface area contributed by atoms with Crippen LogP contribution < -0.4 is 10.6 Å². The molecule has 3 aromatic rings. The molecule has 0 saturated carbocycles. The molecule has 37 heavy (non-hydrogen) atoms. The minimum Gasteiger partial charge on any atom is -0.426 e. The lowest BCUT2D eigenvalue weighted by Gasteiger charge is -2.29. The number of hydrogen-bond acceptors (Lipinski definition) is 7. The summed E-state index contributed by atoms with van der Waals surface area (Å²) >= 11 is 0. The summed E-state index contributed by atoms with van der Waals surface area (Å²) in [6, 6.07) is 16.9. The van der Waals surface area contributed by atoms with Crippen LogP contribution in [0.15, 0.2) is 59.8 Å². The Morgan fingerprint density at radius 1 is 1.14 bits per heavy atom. The molecule has 1 aliphatic heterocycles. The van der Waals surface area contributed by atoms with Gasteiger partial charge in [0, 0.05) is 25.3 Å². The first-order valence-electron chi connectivity index (χ1n) is 12.3. The van der Waals surface area contributed by atoms with Crippen LogP contribution in [0.1, 0.15) is 42.7 Å². The second-order valence-corrected chi connectivity index (χ2v) is 9.88. The SMILES string of the molecule is CC(C)CC(NC(=O)C1(Cc2ccccc2)CC(CNC(=O)c2nn(C)c3ccccc23)=NO1)B(O)O. The Labute approximate surface area is 215 Å². The van der Waals surface area contributed by atoms with Crippen molar-refractivity contribution in [3.8, 4) is 0 Å². The van der Waals surface area contributed by atoms with E-state index in [2.05, 4.69) is 20.9 Å². The number of amides is 2. The van der Waals surface area contributed by atoms with E-state index in [0.29, 0.717) is 17.8 Å². The molecule has 0 saturated heterocycles. The molecule has 2 unspecified atom stereocenters. The summed E-state index contributed by atoms with van der Waals surface area (Å²) < 4.78 is 1.65. The van der Waals surface area contributed by atoms with E-state index in [1.807, 2.05) is 68.4 Å². The number of carbonyl (C=O) groups excluding carboxylic acids is 2. The van der Waals surface area contributed by atoms with Gasteiger partial charge in [-0.2, -0.15) is 5.10 Å². The third kappa shape index (κ3) is 6.00. The Balaban J connectivity index is 1.48. The first kappa shape index (κ1) is 26.4. The molecule has 4 N–H and O–H groups in total. The van der Waals surface area contributed by atoms with Crippen LogP contribution in [0.4, 0.5) is 0 Å². The second kappa shape index (κ2) is 11.1. The first-order valence-corrected chi connectivity index (χ1v) is 12.3. The van der Waals surface area contributed by atoms with Gasteiger partial charge in [-0.1, -0.05) is 67.5 Å². The van der Waals surface area contributed by atoms with Gasteiger partial charge in [-0.15, -0.1) is 0 Å². The maximum Gasteiger partial charge on any atom is 0.475 e. The van der Waals surface area contributed by atoms with E-state index in [0.717, 1.165) is 16.5 Å². The highest BCUT2D eigenvalue weighted by molar-refractivity contribution is 6.43. The molecule has 0 radical (unpaired) electrons. The van der Waals surface area contributed by atoms with Crippen LogP contribution >= 0.6 is 0 Å². The van der Waals surface area contributed by atoms with Crippen molar-refractivity contribution in [2.45, 2.75) is 44.7 Å². The topological polar surface area (TPSA) is 138 Å². The lowest BCUT2D eigenvalue weighted by Crippen LogP contribution is -2.56. The van der Waals surface area contributed by atoms with Crippen LogP contribution in [0.2, 0.25) is 0 Å². The van der Waals surface area contributed by atoms with Gasteiger partial charge in [-0.25, -0.2) is 0 Å². The van der Waals surface area contributed by atoms with Crippen molar-refractivity contribution in [1.29, 1.82) is 0 Å². The molecular weight excluding hydrogens is 473 g/mol. The van der Waals surface area contributed by atoms with Crippen molar-refractivity contribution in [1.82, 2.24) is 20.4 Å². The number of fused-ring (bicyclic) bond motifs is 1. The Morgan fingerprint density at radius 2 is 1.84 bits per heavy atom. The minimum atomic E-state index is -1.71. The number of nitrogens with zero attached hydrogens (tertiary/aromatic N) is 3. The highest BCUT2D eigenvalue weighted by atomic mass is 16.7. The number of hydrogen-bond donors (Lipinski definition) is 4. The fraction of sp³-hybridized carbons (Fsp3) is 0.385. The number of aryl methyl sites for hydroxylation is 1. The average molecular weight is 505 g/mol. The zero-order valence-electron chi connectivity index (χ0n) is 21.2.